The fraction of sp³-hybridized carbons (Fsp3) is 0.667. The lowest BCUT2D eigenvalue weighted by atomic mass is 9.81. The van der Waals surface area contributed by atoms with Crippen LogP contribution in [-0.2, 0) is 6.42 Å². The molecule has 0 amide bonds. The van der Waals surface area contributed by atoms with E-state index >= 15 is 0 Å². The first-order valence-corrected chi connectivity index (χ1v) is 7.85. The van der Waals surface area contributed by atoms with E-state index in [0.717, 1.165) is 24.0 Å². The van der Waals surface area contributed by atoms with Crippen molar-refractivity contribution in [3.8, 4) is 0 Å². The number of rotatable bonds is 6. The van der Waals surface area contributed by atoms with Crippen LogP contribution in [0, 0.1) is 5.41 Å². The molecule has 1 fully saturated rings. The van der Waals surface area contributed by atoms with Gasteiger partial charge in [-0.25, -0.2) is 0 Å². The second kappa shape index (κ2) is 6.67. The molecule has 0 unspecified atom stereocenters. The molecular weight excluding hydrogens is 288 g/mol. The summed E-state index contributed by atoms with van der Waals surface area (Å²) in [6.07, 6.45) is 9.71. The summed E-state index contributed by atoms with van der Waals surface area (Å²) in [6.45, 7) is 4.51. The van der Waals surface area contributed by atoms with Gasteiger partial charge in [0.2, 0.25) is 0 Å². The largest absolute Gasteiger partial charge is 0.316 e. The summed E-state index contributed by atoms with van der Waals surface area (Å²) in [6, 6.07) is 4.26. The Balaban J connectivity index is 1.99. The molecule has 1 heterocycles. The molecule has 1 saturated carbocycles. The SMILES string of the molecule is CCCNCC1(Cc2ccc(Br)cn2)CCCC1. The quantitative estimate of drug-likeness (QED) is 0.805. The summed E-state index contributed by atoms with van der Waals surface area (Å²) in [4.78, 5) is 4.54. The summed E-state index contributed by atoms with van der Waals surface area (Å²) in [5.41, 5.74) is 1.69. The summed E-state index contributed by atoms with van der Waals surface area (Å²) in [7, 11) is 0. The van der Waals surface area contributed by atoms with Crippen LogP contribution in [0.3, 0.4) is 0 Å². The van der Waals surface area contributed by atoms with Crippen LogP contribution in [0.15, 0.2) is 22.8 Å². The third-order valence-electron chi connectivity index (χ3n) is 3.94. The fourth-order valence-electron chi connectivity index (χ4n) is 2.97. The Morgan fingerprint density at radius 1 is 1.33 bits per heavy atom. The summed E-state index contributed by atoms with van der Waals surface area (Å²) >= 11 is 3.45. The second-order valence-corrected chi connectivity index (χ2v) is 6.44. The monoisotopic (exact) mass is 310 g/mol. The van der Waals surface area contributed by atoms with E-state index < -0.39 is 0 Å². The lowest BCUT2D eigenvalue weighted by molar-refractivity contribution is 0.275. The molecule has 0 aromatic carbocycles. The number of pyridine rings is 1. The maximum atomic E-state index is 4.54. The van der Waals surface area contributed by atoms with Gasteiger partial charge in [-0.15, -0.1) is 0 Å². The Morgan fingerprint density at radius 3 is 2.72 bits per heavy atom. The van der Waals surface area contributed by atoms with E-state index in [2.05, 4.69) is 45.3 Å². The van der Waals surface area contributed by atoms with Crippen molar-refractivity contribution in [1.29, 1.82) is 0 Å². The third kappa shape index (κ3) is 3.79. The van der Waals surface area contributed by atoms with Crippen molar-refractivity contribution in [2.24, 2.45) is 5.41 Å². The minimum absolute atomic E-state index is 0.454. The van der Waals surface area contributed by atoms with Crippen LogP contribution in [0.25, 0.3) is 0 Å². The predicted molar refractivity (Wildman–Crippen MR) is 79.7 cm³/mol. The molecule has 2 rings (SSSR count). The van der Waals surface area contributed by atoms with Crippen LogP contribution in [0.4, 0.5) is 0 Å². The Morgan fingerprint density at radius 2 is 2.11 bits per heavy atom. The Hall–Kier alpha value is -0.410. The maximum Gasteiger partial charge on any atom is 0.0413 e. The molecule has 2 nitrogen and oxygen atoms in total. The highest BCUT2D eigenvalue weighted by molar-refractivity contribution is 9.10. The predicted octanol–water partition coefficient (Wildman–Crippen LogP) is 3.95. The van der Waals surface area contributed by atoms with E-state index in [-0.39, 0.29) is 0 Å². The molecule has 1 aliphatic rings. The van der Waals surface area contributed by atoms with Gasteiger partial charge >= 0.3 is 0 Å². The van der Waals surface area contributed by atoms with Gasteiger partial charge in [-0.1, -0.05) is 19.8 Å². The number of nitrogens with zero attached hydrogens (tertiary/aromatic N) is 1. The van der Waals surface area contributed by atoms with Gasteiger partial charge < -0.3 is 5.32 Å². The molecule has 3 heteroatoms. The lowest BCUT2D eigenvalue weighted by Gasteiger charge is -2.29. The zero-order valence-corrected chi connectivity index (χ0v) is 12.8. The molecule has 100 valence electrons. The van der Waals surface area contributed by atoms with E-state index in [1.54, 1.807) is 0 Å². The van der Waals surface area contributed by atoms with Crippen molar-refractivity contribution < 1.29 is 0 Å². The van der Waals surface area contributed by atoms with Gasteiger partial charge in [-0.2, -0.15) is 0 Å². The molecule has 0 spiro atoms. The molecule has 0 atom stereocenters. The molecule has 18 heavy (non-hydrogen) atoms. The summed E-state index contributed by atoms with van der Waals surface area (Å²) in [5.74, 6) is 0. The van der Waals surface area contributed by atoms with Crippen LogP contribution in [0.1, 0.15) is 44.7 Å². The van der Waals surface area contributed by atoms with E-state index in [0.29, 0.717) is 5.41 Å². The van der Waals surface area contributed by atoms with Crippen molar-refractivity contribution in [3.63, 3.8) is 0 Å². The van der Waals surface area contributed by atoms with Crippen LogP contribution >= 0.6 is 15.9 Å². The highest BCUT2D eigenvalue weighted by Gasteiger charge is 2.33. The molecule has 1 aliphatic carbocycles. The van der Waals surface area contributed by atoms with Crippen LogP contribution < -0.4 is 5.32 Å². The van der Waals surface area contributed by atoms with Gasteiger partial charge in [0, 0.05) is 22.9 Å². The summed E-state index contributed by atoms with van der Waals surface area (Å²) < 4.78 is 1.07. The highest BCUT2D eigenvalue weighted by atomic mass is 79.9. The topological polar surface area (TPSA) is 24.9 Å². The highest BCUT2D eigenvalue weighted by Crippen LogP contribution is 2.40. The zero-order chi connectivity index (χ0) is 12.8. The number of nitrogens with one attached hydrogen (secondary N) is 1. The molecule has 1 N–H and O–H groups in total. The average molecular weight is 311 g/mol. The molecule has 0 saturated heterocycles. The number of hydrogen-bond acceptors (Lipinski definition) is 2. The molecule has 0 radical (unpaired) electrons. The van der Waals surface area contributed by atoms with Crippen LogP contribution in [0.5, 0.6) is 0 Å². The van der Waals surface area contributed by atoms with E-state index in [1.807, 2.05) is 6.20 Å². The van der Waals surface area contributed by atoms with E-state index in [4.69, 9.17) is 0 Å². The smallest absolute Gasteiger partial charge is 0.0413 e. The summed E-state index contributed by atoms with van der Waals surface area (Å²) in [5, 5.41) is 3.61. The number of halogens is 1. The first kappa shape index (κ1) is 14.0. The minimum atomic E-state index is 0.454. The second-order valence-electron chi connectivity index (χ2n) is 5.53. The lowest BCUT2D eigenvalue weighted by Crippen LogP contribution is -2.34. The van der Waals surface area contributed by atoms with E-state index in [9.17, 15) is 0 Å². The van der Waals surface area contributed by atoms with Gasteiger partial charge in [-0.05, 0) is 65.7 Å². The zero-order valence-electron chi connectivity index (χ0n) is 11.2. The van der Waals surface area contributed by atoms with Gasteiger partial charge in [0.25, 0.3) is 0 Å². The van der Waals surface area contributed by atoms with Crippen molar-refractivity contribution in [1.82, 2.24) is 10.3 Å². The number of hydrogen-bond donors (Lipinski definition) is 1. The van der Waals surface area contributed by atoms with E-state index in [1.165, 1.54) is 37.8 Å². The molecule has 1 aromatic rings. The number of aromatic nitrogens is 1. The van der Waals surface area contributed by atoms with Gasteiger partial charge in [0.15, 0.2) is 0 Å². The van der Waals surface area contributed by atoms with Crippen LogP contribution in [-0.4, -0.2) is 18.1 Å². The fourth-order valence-corrected chi connectivity index (χ4v) is 3.20. The van der Waals surface area contributed by atoms with Gasteiger partial charge in [0.1, 0.15) is 0 Å². The third-order valence-corrected chi connectivity index (χ3v) is 4.40. The minimum Gasteiger partial charge on any atom is -0.316 e. The first-order chi connectivity index (χ1) is 8.74. The maximum absolute atomic E-state index is 4.54. The van der Waals surface area contributed by atoms with Crippen molar-refractivity contribution in [2.45, 2.75) is 45.4 Å². The Kier molecular flexibility index (Phi) is 5.19. The molecular formula is C15H23BrN2. The average Bonchev–Trinajstić information content (AvgIpc) is 2.82. The normalized spacial score (nSPS) is 18.1. The van der Waals surface area contributed by atoms with Gasteiger partial charge in [-0.3, -0.25) is 4.98 Å². The standard InChI is InChI=1S/C15H23BrN2/c1-2-9-17-12-15(7-3-4-8-15)10-14-6-5-13(16)11-18-14/h5-6,11,17H,2-4,7-10,12H2,1H3. The molecule has 0 bridgehead atoms. The van der Waals surface area contributed by atoms with Crippen molar-refractivity contribution in [2.75, 3.05) is 13.1 Å². The van der Waals surface area contributed by atoms with Gasteiger partial charge in [0.05, 0.1) is 0 Å². The van der Waals surface area contributed by atoms with Crippen LogP contribution in [0.2, 0.25) is 0 Å². The molecule has 0 aliphatic heterocycles. The molecule has 1 aromatic heterocycles. The first-order valence-electron chi connectivity index (χ1n) is 7.05. The Bertz CT molecular complexity index is 355. The Labute approximate surface area is 119 Å². The van der Waals surface area contributed by atoms with Crippen molar-refractivity contribution in [3.05, 3.63) is 28.5 Å². The van der Waals surface area contributed by atoms with Crippen molar-refractivity contribution >= 4 is 15.9 Å².